The highest BCUT2D eigenvalue weighted by Gasteiger charge is 2.16. The van der Waals surface area contributed by atoms with E-state index in [1.165, 1.54) is 0 Å². The molecular weight excluding hydrogens is 342 g/mol. The maximum Gasteiger partial charge on any atom is 0.222 e. The lowest BCUT2D eigenvalue weighted by Gasteiger charge is -2.10. The zero-order valence-electron chi connectivity index (χ0n) is 11.7. The summed E-state index contributed by atoms with van der Waals surface area (Å²) in [4.78, 5) is 0. The predicted octanol–water partition coefficient (Wildman–Crippen LogP) is 4.05. The van der Waals surface area contributed by atoms with Crippen LogP contribution in [0.25, 0.3) is 0 Å². The molecule has 0 aliphatic heterocycles. The van der Waals surface area contributed by atoms with Crippen molar-refractivity contribution in [3.05, 3.63) is 39.0 Å². The van der Waals surface area contributed by atoms with Gasteiger partial charge in [-0.25, -0.2) is 4.68 Å². The first-order valence-corrected chi connectivity index (χ1v) is 7.56. The molecule has 0 fully saturated rings. The van der Waals surface area contributed by atoms with Crippen LogP contribution in [0.1, 0.15) is 18.2 Å². The Morgan fingerprint density at radius 2 is 2.20 bits per heavy atom. The van der Waals surface area contributed by atoms with Crippen molar-refractivity contribution >= 4 is 27.5 Å². The Morgan fingerprint density at radius 3 is 2.85 bits per heavy atom. The first-order chi connectivity index (χ1) is 9.52. The van der Waals surface area contributed by atoms with Crippen LogP contribution < -0.4 is 10.1 Å². The van der Waals surface area contributed by atoms with Gasteiger partial charge in [0.1, 0.15) is 5.75 Å². The van der Waals surface area contributed by atoms with Crippen LogP contribution >= 0.6 is 27.5 Å². The van der Waals surface area contributed by atoms with Gasteiger partial charge in [0, 0.05) is 18.1 Å². The number of aryl methyl sites for hydroxylation is 2. The summed E-state index contributed by atoms with van der Waals surface area (Å²) in [7, 11) is 1.87. The highest BCUT2D eigenvalue weighted by atomic mass is 79.9. The van der Waals surface area contributed by atoms with Gasteiger partial charge in [-0.1, -0.05) is 34.5 Å². The molecule has 6 heteroatoms. The van der Waals surface area contributed by atoms with Crippen LogP contribution in [-0.2, 0) is 13.6 Å². The van der Waals surface area contributed by atoms with Crippen LogP contribution in [0.2, 0.25) is 5.02 Å². The molecule has 1 aromatic heterocycles. The van der Waals surface area contributed by atoms with Gasteiger partial charge >= 0.3 is 0 Å². The molecule has 0 radical (unpaired) electrons. The number of hydrogen-bond acceptors (Lipinski definition) is 3. The number of rotatable bonds is 5. The van der Waals surface area contributed by atoms with E-state index in [0.29, 0.717) is 16.7 Å². The molecule has 2 rings (SSSR count). The van der Waals surface area contributed by atoms with Gasteiger partial charge in [-0.05, 0) is 31.7 Å². The number of nitrogens with zero attached hydrogens (tertiary/aromatic N) is 2. The van der Waals surface area contributed by atoms with Crippen molar-refractivity contribution in [3.63, 3.8) is 0 Å². The summed E-state index contributed by atoms with van der Waals surface area (Å²) in [6.07, 6.45) is 0. The zero-order valence-corrected chi connectivity index (χ0v) is 14.0. The fourth-order valence-corrected chi connectivity index (χ4v) is 2.64. The van der Waals surface area contributed by atoms with Crippen molar-refractivity contribution in [2.75, 3.05) is 6.54 Å². The molecule has 1 heterocycles. The maximum absolute atomic E-state index is 6.19. The molecule has 0 aliphatic rings. The molecule has 1 aromatic carbocycles. The molecule has 0 atom stereocenters. The van der Waals surface area contributed by atoms with Gasteiger partial charge in [0.25, 0.3) is 0 Å². The minimum atomic E-state index is 0.563. The predicted molar refractivity (Wildman–Crippen MR) is 84.6 cm³/mol. The third kappa shape index (κ3) is 3.34. The lowest BCUT2D eigenvalue weighted by Crippen LogP contribution is -2.12. The lowest BCUT2D eigenvalue weighted by molar-refractivity contribution is 0.424. The standard InChI is InChI=1S/C14H17BrClN3O/c1-4-17-8-11-9(2)18-19(3)14(11)20-13-6-5-10(15)7-12(13)16/h5-7,17H,4,8H2,1-3H3. The largest absolute Gasteiger partial charge is 0.437 e. The van der Waals surface area contributed by atoms with Crippen LogP contribution in [0.4, 0.5) is 0 Å². The topological polar surface area (TPSA) is 39.1 Å². The monoisotopic (exact) mass is 357 g/mol. The molecule has 1 N–H and O–H groups in total. The number of benzene rings is 1. The normalized spacial score (nSPS) is 10.8. The van der Waals surface area contributed by atoms with Gasteiger partial charge in [-0.15, -0.1) is 0 Å². The van der Waals surface area contributed by atoms with Crippen LogP contribution in [0.5, 0.6) is 11.6 Å². The summed E-state index contributed by atoms with van der Waals surface area (Å²) < 4.78 is 8.61. The second kappa shape index (κ2) is 6.61. The lowest BCUT2D eigenvalue weighted by atomic mass is 10.2. The van der Waals surface area contributed by atoms with E-state index in [4.69, 9.17) is 16.3 Å². The minimum Gasteiger partial charge on any atom is -0.437 e. The van der Waals surface area contributed by atoms with Crippen molar-refractivity contribution in [3.8, 4) is 11.6 Å². The molecule has 0 unspecified atom stereocenters. The first-order valence-electron chi connectivity index (χ1n) is 6.39. The Morgan fingerprint density at radius 1 is 1.45 bits per heavy atom. The van der Waals surface area contributed by atoms with E-state index in [2.05, 4.69) is 33.3 Å². The molecule has 2 aromatic rings. The van der Waals surface area contributed by atoms with E-state index in [1.807, 2.05) is 32.2 Å². The van der Waals surface area contributed by atoms with E-state index in [0.717, 1.165) is 28.8 Å². The highest BCUT2D eigenvalue weighted by Crippen LogP contribution is 2.33. The fraction of sp³-hybridized carbons (Fsp3) is 0.357. The molecule has 20 heavy (non-hydrogen) atoms. The SMILES string of the molecule is CCNCc1c(C)nn(C)c1Oc1ccc(Br)cc1Cl. The Hall–Kier alpha value is -1.04. The van der Waals surface area contributed by atoms with E-state index in [9.17, 15) is 0 Å². The number of halogens is 2. The zero-order chi connectivity index (χ0) is 14.7. The number of ether oxygens (including phenoxy) is 1. The molecule has 0 spiro atoms. The van der Waals surface area contributed by atoms with Crippen molar-refractivity contribution < 1.29 is 4.74 Å². The summed E-state index contributed by atoms with van der Waals surface area (Å²) in [6, 6.07) is 5.55. The Balaban J connectivity index is 2.32. The molecule has 0 saturated carbocycles. The van der Waals surface area contributed by atoms with E-state index in [1.54, 1.807) is 4.68 Å². The van der Waals surface area contributed by atoms with Gasteiger partial charge in [-0.2, -0.15) is 5.10 Å². The molecular formula is C14H17BrClN3O. The van der Waals surface area contributed by atoms with Gasteiger partial charge < -0.3 is 10.1 Å². The van der Waals surface area contributed by atoms with Crippen molar-refractivity contribution in [1.82, 2.24) is 15.1 Å². The second-order valence-electron chi connectivity index (χ2n) is 4.45. The number of hydrogen-bond donors (Lipinski definition) is 1. The number of aromatic nitrogens is 2. The quantitative estimate of drug-likeness (QED) is 0.876. The summed E-state index contributed by atoms with van der Waals surface area (Å²) in [5.74, 6) is 1.34. The third-order valence-corrected chi connectivity index (χ3v) is 3.73. The van der Waals surface area contributed by atoms with Crippen molar-refractivity contribution in [2.45, 2.75) is 20.4 Å². The van der Waals surface area contributed by atoms with Gasteiger partial charge in [-0.3, -0.25) is 0 Å². The van der Waals surface area contributed by atoms with Crippen molar-refractivity contribution in [2.24, 2.45) is 7.05 Å². The van der Waals surface area contributed by atoms with Crippen LogP contribution in [0, 0.1) is 6.92 Å². The highest BCUT2D eigenvalue weighted by molar-refractivity contribution is 9.10. The van der Waals surface area contributed by atoms with Crippen LogP contribution in [0.15, 0.2) is 22.7 Å². The average Bonchev–Trinajstić information content (AvgIpc) is 2.65. The summed E-state index contributed by atoms with van der Waals surface area (Å²) in [6.45, 7) is 5.66. The molecule has 108 valence electrons. The Bertz CT molecular complexity index is 613. The van der Waals surface area contributed by atoms with E-state index >= 15 is 0 Å². The maximum atomic E-state index is 6.19. The van der Waals surface area contributed by atoms with Crippen LogP contribution in [-0.4, -0.2) is 16.3 Å². The summed E-state index contributed by atoms with van der Waals surface area (Å²) in [5, 5.41) is 8.26. The van der Waals surface area contributed by atoms with Gasteiger partial charge in [0.2, 0.25) is 5.88 Å². The molecule has 0 aliphatic carbocycles. The Labute approximate surface area is 132 Å². The third-order valence-electron chi connectivity index (χ3n) is 2.94. The molecule has 0 saturated heterocycles. The second-order valence-corrected chi connectivity index (χ2v) is 5.77. The Kier molecular flexibility index (Phi) is 5.07. The first kappa shape index (κ1) is 15.4. The molecule has 0 bridgehead atoms. The van der Waals surface area contributed by atoms with E-state index in [-0.39, 0.29) is 0 Å². The number of nitrogens with one attached hydrogen (secondary N) is 1. The molecule has 0 amide bonds. The summed E-state index contributed by atoms with van der Waals surface area (Å²) in [5.41, 5.74) is 2.00. The molecule has 4 nitrogen and oxygen atoms in total. The minimum absolute atomic E-state index is 0.563. The average molecular weight is 359 g/mol. The smallest absolute Gasteiger partial charge is 0.222 e. The van der Waals surface area contributed by atoms with Gasteiger partial charge in [0.15, 0.2) is 0 Å². The van der Waals surface area contributed by atoms with Crippen molar-refractivity contribution in [1.29, 1.82) is 0 Å². The fourth-order valence-electron chi connectivity index (χ4n) is 1.92. The van der Waals surface area contributed by atoms with E-state index < -0.39 is 0 Å². The summed E-state index contributed by atoms with van der Waals surface area (Å²) >= 11 is 9.58. The van der Waals surface area contributed by atoms with Gasteiger partial charge in [0.05, 0.1) is 16.3 Å². The van der Waals surface area contributed by atoms with Crippen LogP contribution in [0.3, 0.4) is 0 Å².